The highest BCUT2D eigenvalue weighted by atomic mass is 19.1. The fourth-order valence-corrected chi connectivity index (χ4v) is 2.64. The molecular weight excluding hydrogens is 343 g/mol. The maximum absolute atomic E-state index is 12.3. The van der Waals surface area contributed by atoms with Gasteiger partial charge in [-0.15, -0.1) is 5.10 Å². The summed E-state index contributed by atoms with van der Waals surface area (Å²) in [6, 6.07) is 0. The van der Waals surface area contributed by atoms with Crippen LogP contribution in [0.25, 0.3) is 0 Å². The first-order valence-corrected chi connectivity index (χ1v) is 8.38. The van der Waals surface area contributed by atoms with Crippen LogP contribution in [-0.2, 0) is 6.54 Å². The van der Waals surface area contributed by atoms with Gasteiger partial charge in [0.15, 0.2) is 5.82 Å². The minimum absolute atomic E-state index is 0.0309. The van der Waals surface area contributed by atoms with Crippen molar-refractivity contribution in [3.05, 3.63) is 24.3 Å². The van der Waals surface area contributed by atoms with Crippen LogP contribution in [0.3, 0.4) is 0 Å². The van der Waals surface area contributed by atoms with Gasteiger partial charge in [-0.2, -0.15) is 9.90 Å². The first kappa shape index (κ1) is 18.1. The molecule has 0 saturated carbocycles. The van der Waals surface area contributed by atoms with E-state index in [0.29, 0.717) is 18.9 Å². The molecule has 0 radical (unpaired) electrons. The van der Waals surface area contributed by atoms with Crippen LogP contribution in [-0.4, -0.2) is 79.8 Å². The molecule has 0 aromatic carbocycles. The summed E-state index contributed by atoms with van der Waals surface area (Å²) in [5, 5.41) is 22.9. The number of carbonyl (C=O) groups is 1. The number of carbonyl (C=O) groups excluding carboxylic acids is 1. The number of amides is 1. The molecule has 140 valence electrons. The number of hydrogen-bond acceptors (Lipinski definition) is 8. The minimum Gasteiger partial charge on any atom is -0.392 e. The number of β-amino-alcohol motifs (C(OH)–C–C–N with tert-alkyl or cyclic N) is 1. The molecular formula is C15H21FN8O2. The summed E-state index contributed by atoms with van der Waals surface area (Å²) >= 11 is 0. The Labute approximate surface area is 149 Å². The number of anilines is 2. The number of aryl methyl sites for hydroxylation is 1. The Morgan fingerprint density at radius 1 is 1.31 bits per heavy atom. The number of hydrogen-bond donors (Lipinski definition) is 3. The van der Waals surface area contributed by atoms with Crippen LogP contribution in [0.2, 0.25) is 0 Å². The number of nitrogens with one attached hydrogen (secondary N) is 2. The van der Waals surface area contributed by atoms with Crippen molar-refractivity contribution in [3.8, 4) is 0 Å². The van der Waals surface area contributed by atoms with E-state index in [-0.39, 0.29) is 24.2 Å². The number of aliphatic hydroxyl groups excluding tert-OH is 1. The standard InChI is InChI=1S/C15H21FN8O2/c16-2-5-24-19-9-14(22-24)21-15(26)12-7-17-8-13(20-12)18-3-6-23-4-1-11(25)10-23/h7-9,11,25H,1-6,10H2,(H,18,20)(H,21,22,26)/t11-/m0/s1. The summed E-state index contributed by atoms with van der Waals surface area (Å²) in [4.78, 5) is 23.8. The zero-order valence-electron chi connectivity index (χ0n) is 14.2. The second-order valence-corrected chi connectivity index (χ2v) is 5.93. The summed E-state index contributed by atoms with van der Waals surface area (Å²) in [5.41, 5.74) is 0.131. The van der Waals surface area contributed by atoms with Crippen molar-refractivity contribution in [2.24, 2.45) is 0 Å². The van der Waals surface area contributed by atoms with E-state index in [2.05, 4.69) is 35.7 Å². The lowest BCUT2D eigenvalue weighted by atomic mass is 10.3. The Morgan fingerprint density at radius 2 is 2.19 bits per heavy atom. The molecule has 2 aromatic heterocycles. The second-order valence-electron chi connectivity index (χ2n) is 5.93. The first-order valence-electron chi connectivity index (χ1n) is 8.38. The fourth-order valence-electron chi connectivity index (χ4n) is 2.64. The van der Waals surface area contributed by atoms with Crippen LogP contribution >= 0.6 is 0 Å². The average Bonchev–Trinajstić information content (AvgIpc) is 3.24. The SMILES string of the molecule is O=C(Nc1cnn(CCF)n1)c1cncc(NCCN2CC[C@H](O)C2)n1. The average molecular weight is 364 g/mol. The Morgan fingerprint density at radius 3 is 2.96 bits per heavy atom. The second kappa shape index (κ2) is 8.63. The molecule has 3 heterocycles. The lowest BCUT2D eigenvalue weighted by molar-refractivity contribution is 0.102. The summed E-state index contributed by atoms with van der Waals surface area (Å²) < 4.78 is 12.3. The smallest absolute Gasteiger partial charge is 0.277 e. The normalized spacial score (nSPS) is 17.4. The molecule has 1 saturated heterocycles. The maximum Gasteiger partial charge on any atom is 0.277 e. The van der Waals surface area contributed by atoms with E-state index >= 15 is 0 Å². The van der Waals surface area contributed by atoms with Gasteiger partial charge in [-0.1, -0.05) is 0 Å². The van der Waals surface area contributed by atoms with Crippen LogP contribution in [0.4, 0.5) is 16.0 Å². The molecule has 3 N–H and O–H groups in total. The molecule has 1 amide bonds. The third-order valence-corrected chi connectivity index (χ3v) is 3.91. The number of alkyl halides is 1. The van der Waals surface area contributed by atoms with E-state index in [1.54, 1.807) is 0 Å². The van der Waals surface area contributed by atoms with Crippen molar-refractivity contribution in [1.29, 1.82) is 0 Å². The van der Waals surface area contributed by atoms with Gasteiger partial charge in [0, 0.05) is 26.2 Å². The monoisotopic (exact) mass is 364 g/mol. The van der Waals surface area contributed by atoms with Crippen molar-refractivity contribution in [1.82, 2.24) is 29.9 Å². The number of nitrogens with zero attached hydrogens (tertiary/aromatic N) is 6. The van der Waals surface area contributed by atoms with Crippen LogP contribution < -0.4 is 10.6 Å². The quantitative estimate of drug-likeness (QED) is 0.587. The topological polar surface area (TPSA) is 121 Å². The lowest BCUT2D eigenvalue weighted by Crippen LogP contribution is -2.28. The van der Waals surface area contributed by atoms with Crippen LogP contribution in [0, 0.1) is 0 Å². The molecule has 0 unspecified atom stereocenters. The van der Waals surface area contributed by atoms with E-state index < -0.39 is 12.6 Å². The van der Waals surface area contributed by atoms with Gasteiger partial charge in [-0.25, -0.2) is 9.37 Å². The Hall–Kier alpha value is -2.66. The predicted molar refractivity (Wildman–Crippen MR) is 91.5 cm³/mol. The van der Waals surface area contributed by atoms with E-state index in [1.165, 1.54) is 18.6 Å². The molecule has 1 fully saturated rings. The van der Waals surface area contributed by atoms with Gasteiger partial charge in [0.05, 0.1) is 31.2 Å². The van der Waals surface area contributed by atoms with E-state index in [1.807, 2.05) is 0 Å². The third kappa shape index (κ3) is 4.92. The van der Waals surface area contributed by atoms with Gasteiger partial charge in [-0.05, 0) is 6.42 Å². The number of aromatic nitrogens is 5. The molecule has 1 aliphatic heterocycles. The Bertz CT molecular complexity index is 740. The van der Waals surface area contributed by atoms with Crippen molar-refractivity contribution in [2.45, 2.75) is 19.1 Å². The minimum atomic E-state index is -0.586. The van der Waals surface area contributed by atoms with Gasteiger partial charge >= 0.3 is 0 Å². The number of rotatable bonds is 8. The Kier molecular flexibility index (Phi) is 6.02. The van der Waals surface area contributed by atoms with Crippen LogP contribution in [0.15, 0.2) is 18.6 Å². The molecule has 2 aromatic rings. The number of aliphatic hydroxyl groups is 1. The molecule has 0 aliphatic carbocycles. The molecule has 26 heavy (non-hydrogen) atoms. The van der Waals surface area contributed by atoms with Crippen LogP contribution in [0.1, 0.15) is 16.9 Å². The van der Waals surface area contributed by atoms with E-state index in [9.17, 15) is 14.3 Å². The largest absolute Gasteiger partial charge is 0.392 e. The maximum atomic E-state index is 12.3. The van der Waals surface area contributed by atoms with Crippen LogP contribution in [0.5, 0.6) is 0 Å². The molecule has 1 atom stereocenters. The zero-order chi connectivity index (χ0) is 18.4. The first-order chi connectivity index (χ1) is 12.6. The number of likely N-dealkylation sites (tertiary alicyclic amines) is 1. The lowest BCUT2D eigenvalue weighted by Gasteiger charge is -2.15. The van der Waals surface area contributed by atoms with Gasteiger partial charge in [0.25, 0.3) is 5.91 Å². The molecule has 11 heteroatoms. The summed E-state index contributed by atoms with van der Waals surface area (Å²) in [7, 11) is 0. The molecule has 10 nitrogen and oxygen atoms in total. The summed E-state index contributed by atoms with van der Waals surface area (Å²) in [6.45, 7) is 2.40. The van der Waals surface area contributed by atoms with E-state index in [4.69, 9.17) is 0 Å². The predicted octanol–water partition coefficient (Wildman–Crippen LogP) is -0.232. The molecule has 0 bridgehead atoms. The molecule has 3 rings (SSSR count). The highest BCUT2D eigenvalue weighted by Gasteiger charge is 2.19. The van der Waals surface area contributed by atoms with Gasteiger partial charge in [0.2, 0.25) is 0 Å². The highest BCUT2D eigenvalue weighted by Crippen LogP contribution is 2.09. The summed E-state index contributed by atoms with van der Waals surface area (Å²) in [6.07, 6.45) is 4.78. The molecule has 1 aliphatic rings. The fraction of sp³-hybridized carbons (Fsp3) is 0.533. The highest BCUT2D eigenvalue weighted by molar-refractivity contribution is 6.02. The van der Waals surface area contributed by atoms with Gasteiger partial charge < -0.3 is 15.7 Å². The molecule has 0 spiro atoms. The zero-order valence-corrected chi connectivity index (χ0v) is 14.2. The van der Waals surface area contributed by atoms with Gasteiger partial charge in [-0.3, -0.25) is 14.7 Å². The van der Waals surface area contributed by atoms with E-state index in [0.717, 1.165) is 24.3 Å². The number of halogens is 1. The Balaban J connectivity index is 1.51. The van der Waals surface area contributed by atoms with Crippen molar-refractivity contribution in [2.75, 3.05) is 43.5 Å². The van der Waals surface area contributed by atoms with Crippen molar-refractivity contribution in [3.63, 3.8) is 0 Å². The van der Waals surface area contributed by atoms with Crippen molar-refractivity contribution >= 4 is 17.5 Å². The van der Waals surface area contributed by atoms with Gasteiger partial charge in [0.1, 0.15) is 18.2 Å². The third-order valence-electron chi connectivity index (χ3n) is 3.91. The van der Waals surface area contributed by atoms with Crippen molar-refractivity contribution < 1.29 is 14.3 Å². The summed E-state index contributed by atoms with van der Waals surface area (Å²) in [5.74, 6) is 0.228.